The van der Waals surface area contributed by atoms with Crippen molar-refractivity contribution in [3.63, 3.8) is 0 Å². The quantitative estimate of drug-likeness (QED) is 0.677. The van der Waals surface area contributed by atoms with Crippen molar-refractivity contribution in [1.29, 1.82) is 0 Å². The Labute approximate surface area is 85.8 Å². The van der Waals surface area contributed by atoms with Gasteiger partial charge in [-0.3, -0.25) is 4.90 Å². The third-order valence-corrected chi connectivity index (χ3v) is 2.73. The van der Waals surface area contributed by atoms with Crippen LogP contribution >= 0.6 is 0 Å². The maximum Gasteiger partial charge on any atom is 0.411 e. The van der Waals surface area contributed by atoms with E-state index in [1.165, 1.54) is 6.42 Å². The second-order valence-corrected chi connectivity index (χ2v) is 3.83. The predicted octanol–water partition coefficient (Wildman–Crippen LogP) is 1.52. The van der Waals surface area contributed by atoms with Crippen LogP contribution < -0.4 is 0 Å². The molecule has 4 nitrogen and oxygen atoms in total. The molecule has 0 aromatic rings. The van der Waals surface area contributed by atoms with E-state index in [4.69, 9.17) is 4.74 Å². The molecule has 14 heavy (non-hydrogen) atoms. The van der Waals surface area contributed by atoms with E-state index < -0.39 is 0 Å². The lowest BCUT2D eigenvalue weighted by molar-refractivity contribution is -0.0332. The van der Waals surface area contributed by atoms with Gasteiger partial charge in [-0.25, -0.2) is 4.79 Å². The minimum atomic E-state index is -0.216. The molecule has 0 N–H and O–H groups in total. The number of ether oxygens (including phenoxy) is 1. The van der Waals surface area contributed by atoms with Crippen LogP contribution in [-0.4, -0.2) is 49.3 Å². The second kappa shape index (κ2) is 5.20. The van der Waals surface area contributed by atoms with E-state index in [1.807, 2.05) is 14.0 Å². The molecule has 1 heterocycles. The highest BCUT2D eigenvalue weighted by atomic mass is 16.6. The first kappa shape index (κ1) is 11.3. The standard InChI is InChI=1S/C10H20N2O2/c1-4-11(2)10(13)14-9-7-5-6-8-12(9)3/h9H,4-8H2,1-3H3. The van der Waals surface area contributed by atoms with Crippen molar-refractivity contribution in [2.75, 3.05) is 27.2 Å². The number of rotatable bonds is 2. The first-order valence-electron chi connectivity index (χ1n) is 5.27. The lowest BCUT2D eigenvalue weighted by Crippen LogP contribution is -2.42. The summed E-state index contributed by atoms with van der Waals surface area (Å²) in [5.41, 5.74) is 0. The van der Waals surface area contributed by atoms with Crippen molar-refractivity contribution < 1.29 is 9.53 Å². The van der Waals surface area contributed by atoms with E-state index in [-0.39, 0.29) is 12.3 Å². The molecule has 1 aliphatic rings. The molecule has 1 unspecified atom stereocenters. The molecular weight excluding hydrogens is 180 g/mol. The van der Waals surface area contributed by atoms with Crippen LogP contribution in [0.3, 0.4) is 0 Å². The molecule has 0 bridgehead atoms. The van der Waals surface area contributed by atoms with Gasteiger partial charge in [-0.1, -0.05) is 0 Å². The summed E-state index contributed by atoms with van der Waals surface area (Å²) >= 11 is 0. The Balaban J connectivity index is 2.38. The van der Waals surface area contributed by atoms with Gasteiger partial charge in [0.15, 0.2) is 6.23 Å². The molecule has 0 radical (unpaired) electrons. The van der Waals surface area contributed by atoms with Gasteiger partial charge in [0.25, 0.3) is 0 Å². The molecule has 1 aliphatic heterocycles. The fourth-order valence-electron chi connectivity index (χ4n) is 1.53. The van der Waals surface area contributed by atoms with Gasteiger partial charge >= 0.3 is 6.09 Å². The highest BCUT2D eigenvalue weighted by Crippen LogP contribution is 2.16. The summed E-state index contributed by atoms with van der Waals surface area (Å²) in [6.45, 7) is 3.65. The highest BCUT2D eigenvalue weighted by molar-refractivity contribution is 5.67. The minimum absolute atomic E-state index is 0.0229. The largest absolute Gasteiger partial charge is 0.430 e. The molecule has 1 saturated heterocycles. The molecule has 0 aliphatic carbocycles. The Morgan fingerprint density at radius 2 is 2.29 bits per heavy atom. The normalized spacial score (nSPS) is 23.2. The molecule has 4 heteroatoms. The van der Waals surface area contributed by atoms with Crippen molar-refractivity contribution in [3.8, 4) is 0 Å². The Hall–Kier alpha value is -0.770. The summed E-state index contributed by atoms with van der Waals surface area (Å²) in [5.74, 6) is 0. The summed E-state index contributed by atoms with van der Waals surface area (Å²) in [6, 6.07) is 0. The van der Waals surface area contributed by atoms with Gasteiger partial charge in [-0.15, -0.1) is 0 Å². The van der Waals surface area contributed by atoms with Gasteiger partial charge in [0.1, 0.15) is 0 Å². The van der Waals surface area contributed by atoms with E-state index >= 15 is 0 Å². The van der Waals surface area contributed by atoms with Crippen LogP contribution in [0.25, 0.3) is 0 Å². The minimum Gasteiger partial charge on any atom is -0.430 e. The summed E-state index contributed by atoms with van der Waals surface area (Å²) in [7, 11) is 3.76. The molecule has 0 aromatic heterocycles. The van der Waals surface area contributed by atoms with Crippen LogP contribution in [0.15, 0.2) is 0 Å². The monoisotopic (exact) mass is 200 g/mol. The first-order chi connectivity index (χ1) is 6.65. The van der Waals surface area contributed by atoms with Crippen LogP contribution in [0.1, 0.15) is 26.2 Å². The van der Waals surface area contributed by atoms with Crippen LogP contribution in [0, 0.1) is 0 Å². The van der Waals surface area contributed by atoms with Crippen LogP contribution in [0.4, 0.5) is 4.79 Å². The first-order valence-corrected chi connectivity index (χ1v) is 5.27. The van der Waals surface area contributed by atoms with E-state index in [0.29, 0.717) is 6.54 Å². The van der Waals surface area contributed by atoms with E-state index in [2.05, 4.69) is 4.90 Å². The number of carbonyl (C=O) groups is 1. The van der Waals surface area contributed by atoms with Gasteiger partial charge in [0.05, 0.1) is 0 Å². The summed E-state index contributed by atoms with van der Waals surface area (Å²) in [5, 5.41) is 0. The summed E-state index contributed by atoms with van der Waals surface area (Å²) in [6.07, 6.45) is 3.07. The van der Waals surface area contributed by atoms with Crippen molar-refractivity contribution in [3.05, 3.63) is 0 Å². The maximum atomic E-state index is 11.5. The molecule has 0 saturated carbocycles. The lowest BCUT2D eigenvalue weighted by atomic mass is 10.1. The zero-order chi connectivity index (χ0) is 10.6. The van der Waals surface area contributed by atoms with Gasteiger partial charge in [0, 0.05) is 20.1 Å². The van der Waals surface area contributed by atoms with Gasteiger partial charge in [-0.2, -0.15) is 0 Å². The van der Waals surface area contributed by atoms with Crippen molar-refractivity contribution in [2.45, 2.75) is 32.4 Å². The third-order valence-electron chi connectivity index (χ3n) is 2.73. The van der Waals surface area contributed by atoms with Crippen molar-refractivity contribution in [1.82, 2.24) is 9.80 Å². The lowest BCUT2D eigenvalue weighted by Gasteiger charge is -2.32. The topological polar surface area (TPSA) is 32.8 Å². The maximum absolute atomic E-state index is 11.5. The predicted molar refractivity (Wildman–Crippen MR) is 55.1 cm³/mol. The molecule has 0 spiro atoms. The fourth-order valence-corrected chi connectivity index (χ4v) is 1.53. The van der Waals surface area contributed by atoms with E-state index in [9.17, 15) is 4.79 Å². The molecule has 82 valence electrons. The van der Waals surface area contributed by atoms with Crippen LogP contribution in [0.5, 0.6) is 0 Å². The molecule has 1 amide bonds. The third kappa shape index (κ3) is 2.87. The Morgan fingerprint density at radius 3 is 2.86 bits per heavy atom. The van der Waals surface area contributed by atoms with Gasteiger partial charge < -0.3 is 9.64 Å². The van der Waals surface area contributed by atoms with Gasteiger partial charge in [0.2, 0.25) is 0 Å². The van der Waals surface area contributed by atoms with E-state index in [1.54, 1.807) is 11.9 Å². The smallest absolute Gasteiger partial charge is 0.411 e. The number of nitrogens with zero attached hydrogens (tertiary/aromatic N) is 2. The highest BCUT2D eigenvalue weighted by Gasteiger charge is 2.23. The zero-order valence-electron chi connectivity index (χ0n) is 9.32. The molecule has 1 atom stereocenters. The van der Waals surface area contributed by atoms with Gasteiger partial charge in [-0.05, 0) is 33.2 Å². The molecule has 1 fully saturated rings. The van der Waals surface area contributed by atoms with Crippen molar-refractivity contribution >= 4 is 6.09 Å². The Morgan fingerprint density at radius 1 is 1.57 bits per heavy atom. The Bertz CT molecular complexity index is 197. The molecular formula is C10H20N2O2. The molecule has 1 rings (SSSR count). The number of hydrogen-bond donors (Lipinski definition) is 0. The number of amides is 1. The second-order valence-electron chi connectivity index (χ2n) is 3.83. The number of likely N-dealkylation sites (tertiary alicyclic amines) is 1. The van der Waals surface area contributed by atoms with E-state index in [0.717, 1.165) is 19.4 Å². The van der Waals surface area contributed by atoms with Crippen molar-refractivity contribution in [2.24, 2.45) is 0 Å². The van der Waals surface area contributed by atoms with Crippen LogP contribution in [0.2, 0.25) is 0 Å². The average molecular weight is 200 g/mol. The number of piperidine rings is 1. The molecule has 0 aromatic carbocycles. The Kier molecular flexibility index (Phi) is 4.20. The number of carbonyl (C=O) groups excluding carboxylic acids is 1. The average Bonchev–Trinajstić information content (AvgIpc) is 2.20. The number of hydrogen-bond acceptors (Lipinski definition) is 3. The summed E-state index contributed by atoms with van der Waals surface area (Å²) in [4.78, 5) is 15.2. The fraction of sp³-hybridized carbons (Fsp3) is 0.900. The SMILES string of the molecule is CCN(C)C(=O)OC1CCCCN1C. The zero-order valence-corrected chi connectivity index (χ0v) is 9.32. The van der Waals surface area contributed by atoms with Crippen LogP contribution in [-0.2, 0) is 4.74 Å². The summed E-state index contributed by atoms with van der Waals surface area (Å²) < 4.78 is 5.37.